The smallest absolute Gasteiger partial charge is 0.0638 e. The first-order valence-electron chi connectivity index (χ1n) is 3.49. The lowest BCUT2D eigenvalue weighted by Gasteiger charge is -1.86. The molecule has 0 bridgehead atoms. The second kappa shape index (κ2) is 2.22. The number of hydrogen-bond acceptors (Lipinski definition) is 2. The third-order valence-corrected chi connectivity index (χ3v) is 1.05. The van der Waals surface area contributed by atoms with Crippen molar-refractivity contribution in [3.8, 4) is 0 Å². The average molecular weight is 176 g/mol. The summed E-state index contributed by atoms with van der Waals surface area (Å²) in [5, 5.41) is 6.96. The zero-order valence-corrected chi connectivity index (χ0v) is 5.51. The van der Waals surface area contributed by atoms with Crippen LogP contribution in [0.15, 0.2) is 16.7 Å². The molecule has 0 fully saturated rings. The molecule has 0 saturated carbocycles. The van der Waals surface area contributed by atoms with Crippen LogP contribution in [0.25, 0.3) is 0 Å². The summed E-state index contributed by atoms with van der Waals surface area (Å²) in [6.45, 7) is -2.17. The number of rotatable bonds is 0. The largest absolute Gasteiger partial charge is 0.158 e. The molecule has 3 heteroatoms. The molecule has 0 saturated heterocycles. The van der Waals surface area contributed by atoms with E-state index in [0.29, 0.717) is 4.47 Å². The molecule has 0 amide bonds. The van der Waals surface area contributed by atoms with E-state index in [1.54, 1.807) is 0 Å². The summed E-state index contributed by atoms with van der Waals surface area (Å²) < 4.78 is 21.6. The van der Waals surface area contributed by atoms with Gasteiger partial charge in [0, 0.05) is 8.58 Å². The number of aromatic nitrogens is 2. The summed E-state index contributed by atoms with van der Waals surface area (Å²) in [6.07, 6.45) is 1.44. The fourth-order valence-electron chi connectivity index (χ4n) is 0.343. The summed E-state index contributed by atoms with van der Waals surface area (Å²) in [5.74, 6) is 0. The van der Waals surface area contributed by atoms with Gasteiger partial charge >= 0.3 is 0 Å². The molecule has 8 heavy (non-hydrogen) atoms. The van der Waals surface area contributed by atoms with Gasteiger partial charge in [-0.05, 0) is 28.8 Å². The van der Waals surface area contributed by atoms with Crippen molar-refractivity contribution in [2.75, 3.05) is 0 Å². The lowest BCUT2D eigenvalue weighted by atomic mass is 10.4. The van der Waals surface area contributed by atoms with Gasteiger partial charge in [0.15, 0.2) is 0 Å². The highest BCUT2D eigenvalue weighted by Crippen LogP contribution is 2.05. The average Bonchev–Trinajstić information content (AvgIpc) is 1.86. The van der Waals surface area contributed by atoms with E-state index in [1.165, 1.54) is 12.3 Å². The molecule has 1 aromatic heterocycles. The summed E-state index contributed by atoms with van der Waals surface area (Å²) in [4.78, 5) is 0. The Labute approximate surface area is 60.3 Å². The van der Waals surface area contributed by atoms with Crippen molar-refractivity contribution < 1.29 is 4.11 Å². The number of halogens is 1. The van der Waals surface area contributed by atoms with Gasteiger partial charge in [0.05, 0.1) is 11.9 Å². The molecule has 1 aromatic rings. The van der Waals surface area contributed by atoms with E-state index < -0.39 is 6.85 Å². The molecule has 0 radical (unpaired) electrons. The van der Waals surface area contributed by atoms with Crippen LogP contribution in [0.3, 0.4) is 0 Å². The fraction of sp³-hybridized carbons (Fsp3) is 0.200. The van der Waals surface area contributed by atoms with Crippen LogP contribution in [0, 0.1) is 6.85 Å². The second-order valence-electron chi connectivity index (χ2n) is 1.26. The van der Waals surface area contributed by atoms with E-state index in [-0.39, 0.29) is 5.69 Å². The molecule has 0 aromatic carbocycles. The summed E-state index contributed by atoms with van der Waals surface area (Å²) >= 11 is 3.10. The first-order valence-corrected chi connectivity index (χ1v) is 2.78. The van der Waals surface area contributed by atoms with E-state index >= 15 is 0 Å². The Morgan fingerprint density at radius 1 is 1.88 bits per heavy atom. The predicted molar refractivity (Wildman–Crippen MR) is 34.5 cm³/mol. The molecule has 1 heterocycles. The Hall–Kier alpha value is -0.440. The Morgan fingerprint density at radius 3 is 3.25 bits per heavy atom. The van der Waals surface area contributed by atoms with E-state index in [4.69, 9.17) is 4.11 Å². The van der Waals surface area contributed by atoms with Gasteiger partial charge in [-0.3, -0.25) is 0 Å². The predicted octanol–water partition coefficient (Wildman–Crippen LogP) is 1.55. The monoisotopic (exact) mass is 175 g/mol. The quantitative estimate of drug-likeness (QED) is 0.599. The number of hydrogen-bond donors (Lipinski definition) is 0. The van der Waals surface area contributed by atoms with Crippen LogP contribution in [-0.4, -0.2) is 10.2 Å². The molecular weight excluding hydrogens is 168 g/mol. The molecule has 0 N–H and O–H groups in total. The van der Waals surface area contributed by atoms with Crippen LogP contribution in [0.5, 0.6) is 0 Å². The summed E-state index contributed by atoms with van der Waals surface area (Å²) in [6, 6.07) is 1.43. The van der Waals surface area contributed by atoms with Crippen LogP contribution in [0.4, 0.5) is 0 Å². The normalized spacial score (nSPS) is 16.4. The summed E-state index contributed by atoms with van der Waals surface area (Å²) in [7, 11) is 0. The van der Waals surface area contributed by atoms with Crippen molar-refractivity contribution in [1.82, 2.24) is 10.2 Å². The fourth-order valence-corrected chi connectivity index (χ4v) is 0.651. The highest BCUT2D eigenvalue weighted by Gasteiger charge is 1.85. The van der Waals surface area contributed by atoms with Gasteiger partial charge in [0.25, 0.3) is 0 Å². The molecule has 0 spiro atoms. The molecule has 42 valence electrons. The number of nitrogens with zero attached hydrogens (tertiary/aromatic N) is 2. The molecule has 0 unspecified atom stereocenters. The standard InChI is InChI=1S/C5H5BrN2/c1-4-2-5(6)3-7-8-4/h2-3H,1H3/i1D3. The van der Waals surface area contributed by atoms with Crippen LogP contribution in [-0.2, 0) is 0 Å². The molecule has 2 nitrogen and oxygen atoms in total. The van der Waals surface area contributed by atoms with Crippen molar-refractivity contribution in [3.05, 3.63) is 22.4 Å². The SMILES string of the molecule is [2H]C([2H])([2H])c1cc(Br)cnn1. The highest BCUT2D eigenvalue weighted by molar-refractivity contribution is 9.10. The summed E-state index contributed by atoms with van der Waals surface area (Å²) in [5.41, 5.74) is 0.00637. The van der Waals surface area contributed by atoms with E-state index in [0.717, 1.165) is 0 Å². The molecule has 0 aliphatic carbocycles. The van der Waals surface area contributed by atoms with E-state index in [9.17, 15) is 0 Å². The Morgan fingerprint density at radius 2 is 2.75 bits per heavy atom. The van der Waals surface area contributed by atoms with Crippen molar-refractivity contribution in [2.45, 2.75) is 6.85 Å². The zero-order valence-electron chi connectivity index (χ0n) is 6.93. The first-order chi connectivity index (χ1) is 5.00. The van der Waals surface area contributed by atoms with Crippen LogP contribution >= 0.6 is 15.9 Å². The minimum Gasteiger partial charge on any atom is -0.158 e. The molecule has 0 aliphatic heterocycles. The zero-order chi connectivity index (χ0) is 8.48. The Kier molecular flexibility index (Phi) is 0.809. The molecule has 0 atom stereocenters. The van der Waals surface area contributed by atoms with Gasteiger partial charge in [-0.2, -0.15) is 10.2 Å². The van der Waals surface area contributed by atoms with Crippen molar-refractivity contribution in [2.24, 2.45) is 0 Å². The van der Waals surface area contributed by atoms with Gasteiger partial charge in [-0.25, -0.2) is 0 Å². The second-order valence-corrected chi connectivity index (χ2v) is 2.17. The number of aryl methyl sites for hydroxylation is 1. The maximum Gasteiger partial charge on any atom is 0.0638 e. The lowest BCUT2D eigenvalue weighted by molar-refractivity contribution is 0.973. The Balaban J connectivity index is 3.06. The van der Waals surface area contributed by atoms with Gasteiger partial charge in [-0.15, -0.1) is 0 Å². The molecular formula is C5H5BrN2. The van der Waals surface area contributed by atoms with Crippen molar-refractivity contribution in [1.29, 1.82) is 0 Å². The minimum absolute atomic E-state index is 0.00637. The topological polar surface area (TPSA) is 25.8 Å². The van der Waals surface area contributed by atoms with Gasteiger partial charge in [-0.1, -0.05) is 0 Å². The van der Waals surface area contributed by atoms with Gasteiger partial charge in [0.2, 0.25) is 0 Å². The molecule has 0 aliphatic rings. The van der Waals surface area contributed by atoms with Crippen LogP contribution in [0.2, 0.25) is 0 Å². The first kappa shape index (κ1) is 2.92. The third-order valence-electron chi connectivity index (χ3n) is 0.621. The van der Waals surface area contributed by atoms with E-state index in [2.05, 4.69) is 26.1 Å². The van der Waals surface area contributed by atoms with Crippen molar-refractivity contribution in [3.63, 3.8) is 0 Å². The minimum atomic E-state index is -2.17. The van der Waals surface area contributed by atoms with Crippen molar-refractivity contribution >= 4 is 15.9 Å². The Bertz CT molecular complexity index is 260. The maximum atomic E-state index is 6.98. The van der Waals surface area contributed by atoms with Crippen LogP contribution in [0.1, 0.15) is 9.81 Å². The van der Waals surface area contributed by atoms with Gasteiger partial charge < -0.3 is 0 Å². The van der Waals surface area contributed by atoms with Crippen LogP contribution < -0.4 is 0 Å². The third kappa shape index (κ3) is 1.26. The van der Waals surface area contributed by atoms with Gasteiger partial charge in [0.1, 0.15) is 0 Å². The highest BCUT2D eigenvalue weighted by atomic mass is 79.9. The van der Waals surface area contributed by atoms with E-state index in [1.807, 2.05) is 0 Å². The lowest BCUT2D eigenvalue weighted by Crippen LogP contribution is -1.82. The maximum absolute atomic E-state index is 6.98. The molecule has 1 rings (SSSR count).